The molecule has 1 nitrogen and oxygen atoms in total. The topological polar surface area (TPSA) is 3.24 Å². The maximum Gasteiger partial charge on any atom is 0.129 e. The third-order valence-corrected chi connectivity index (χ3v) is 4.44. The van der Waals surface area contributed by atoms with E-state index >= 15 is 0 Å². The van der Waals surface area contributed by atoms with Gasteiger partial charge in [-0.25, -0.2) is 4.39 Å². The molecule has 1 aromatic rings. The lowest BCUT2D eigenvalue weighted by Crippen LogP contribution is -2.33. The molecule has 0 amide bonds. The molecule has 0 saturated carbocycles. The molecule has 4 heteroatoms. The van der Waals surface area contributed by atoms with Gasteiger partial charge in [0, 0.05) is 28.5 Å². The first kappa shape index (κ1) is 13.3. The Morgan fingerprint density at radius 3 is 2.94 bits per heavy atom. The van der Waals surface area contributed by atoms with Crippen molar-refractivity contribution in [2.45, 2.75) is 25.9 Å². The molecule has 2 atom stereocenters. The van der Waals surface area contributed by atoms with Gasteiger partial charge in [-0.1, -0.05) is 40.5 Å². The standard InChI is InChI=1S/C13H16BrClFN/c1-9-4-5-17(13(9)7-14)8-10-2-3-11(15)6-12(10)16/h2-3,6,9,13H,4-5,7-8H2,1H3. The van der Waals surface area contributed by atoms with Crippen molar-refractivity contribution in [3.8, 4) is 0 Å². The van der Waals surface area contributed by atoms with Crippen molar-refractivity contribution >= 4 is 27.5 Å². The van der Waals surface area contributed by atoms with Gasteiger partial charge in [0.1, 0.15) is 5.82 Å². The Hall–Kier alpha value is -0.120. The molecule has 1 aliphatic heterocycles. The Balaban J connectivity index is 2.10. The molecule has 0 aromatic heterocycles. The van der Waals surface area contributed by atoms with Crippen LogP contribution in [0.2, 0.25) is 5.02 Å². The summed E-state index contributed by atoms with van der Waals surface area (Å²) in [5, 5.41) is 1.40. The van der Waals surface area contributed by atoms with Crippen LogP contribution >= 0.6 is 27.5 Å². The van der Waals surface area contributed by atoms with Crippen LogP contribution in [0.25, 0.3) is 0 Å². The lowest BCUT2D eigenvalue weighted by Gasteiger charge is -2.25. The molecule has 17 heavy (non-hydrogen) atoms. The van der Waals surface area contributed by atoms with Crippen LogP contribution in [-0.4, -0.2) is 22.8 Å². The van der Waals surface area contributed by atoms with Crippen LogP contribution in [0, 0.1) is 11.7 Å². The van der Waals surface area contributed by atoms with Crippen LogP contribution in [0.4, 0.5) is 4.39 Å². The van der Waals surface area contributed by atoms with E-state index in [2.05, 4.69) is 27.8 Å². The number of rotatable bonds is 3. The first-order chi connectivity index (χ1) is 8.11. The van der Waals surface area contributed by atoms with Gasteiger partial charge in [0.25, 0.3) is 0 Å². The van der Waals surface area contributed by atoms with E-state index in [1.807, 2.05) is 0 Å². The normalized spacial score (nSPS) is 25.4. The highest BCUT2D eigenvalue weighted by molar-refractivity contribution is 9.09. The van der Waals surface area contributed by atoms with E-state index in [9.17, 15) is 4.39 Å². The zero-order chi connectivity index (χ0) is 12.4. The molecule has 0 spiro atoms. The Bertz CT molecular complexity index is 399. The molecule has 0 bridgehead atoms. The van der Waals surface area contributed by atoms with Crippen molar-refractivity contribution in [3.05, 3.63) is 34.6 Å². The first-order valence-electron chi connectivity index (χ1n) is 5.85. The number of halogens is 3. The van der Waals surface area contributed by atoms with E-state index in [-0.39, 0.29) is 5.82 Å². The van der Waals surface area contributed by atoms with Crippen molar-refractivity contribution in [3.63, 3.8) is 0 Å². The summed E-state index contributed by atoms with van der Waals surface area (Å²) in [5.41, 5.74) is 0.731. The van der Waals surface area contributed by atoms with E-state index in [0.29, 0.717) is 23.5 Å². The highest BCUT2D eigenvalue weighted by Crippen LogP contribution is 2.27. The second kappa shape index (κ2) is 5.68. The van der Waals surface area contributed by atoms with E-state index < -0.39 is 0 Å². The maximum atomic E-state index is 13.7. The van der Waals surface area contributed by atoms with E-state index in [1.54, 1.807) is 12.1 Å². The number of alkyl halides is 1. The van der Waals surface area contributed by atoms with Gasteiger partial charge < -0.3 is 0 Å². The number of hydrogen-bond acceptors (Lipinski definition) is 1. The van der Waals surface area contributed by atoms with E-state index in [1.165, 1.54) is 12.5 Å². The molecule has 1 aliphatic rings. The fourth-order valence-corrected chi connectivity index (χ4v) is 3.61. The van der Waals surface area contributed by atoms with Crippen LogP contribution < -0.4 is 0 Å². The van der Waals surface area contributed by atoms with Crippen LogP contribution in [-0.2, 0) is 6.54 Å². The molecular formula is C13H16BrClFN. The molecule has 1 saturated heterocycles. The summed E-state index contributed by atoms with van der Waals surface area (Å²) < 4.78 is 13.7. The van der Waals surface area contributed by atoms with Gasteiger partial charge >= 0.3 is 0 Å². The molecule has 2 rings (SSSR count). The minimum Gasteiger partial charge on any atom is -0.295 e. The Morgan fingerprint density at radius 1 is 1.53 bits per heavy atom. The summed E-state index contributed by atoms with van der Waals surface area (Å²) in [6.07, 6.45) is 1.19. The lowest BCUT2D eigenvalue weighted by molar-refractivity contribution is 0.241. The molecule has 0 N–H and O–H groups in total. The zero-order valence-corrected chi connectivity index (χ0v) is 12.1. The highest BCUT2D eigenvalue weighted by Gasteiger charge is 2.30. The molecule has 1 aromatic carbocycles. The van der Waals surface area contributed by atoms with Gasteiger partial charge in [0.15, 0.2) is 0 Å². The first-order valence-corrected chi connectivity index (χ1v) is 7.35. The minimum atomic E-state index is -0.203. The summed E-state index contributed by atoms with van der Waals surface area (Å²) in [4.78, 5) is 2.34. The average Bonchev–Trinajstić information content (AvgIpc) is 2.63. The van der Waals surface area contributed by atoms with Crippen LogP contribution in [0.5, 0.6) is 0 Å². The van der Waals surface area contributed by atoms with Gasteiger partial charge in [0.2, 0.25) is 0 Å². The van der Waals surface area contributed by atoms with Crippen molar-refractivity contribution in [2.75, 3.05) is 11.9 Å². The van der Waals surface area contributed by atoms with Gasteiger partial charge in [-0.3, -0.25) is 4.90 Å². The smallest absolute Gasteiger partial charge is 0.129 e. The Morgan fingerprint density at radius 2 is 2.29 bits per heavy atom. The summed E-state index contributed by atoms with van der Waals surface area (Å²) >= 11 is 9.30. The monoisotopic (exact) mass is 319 g/mol. The van der Waals surface area contributed by atoms with Crippen molar-refractivity contribution < 1.29 is 4.39 Å². The largest absolute Gasteiger partial charge is 0.295 e. The Labute approximate surface area is 115 Å². The third kappa shape index (κ3) is 3.01. The zero-order valence-electron chi connectivity index (χ0n) is 9.80. The third-order valence-electron chi connectivity index (χ3n) is 3.54. The van der Waals surface area contributed by atoms with E-state index in [4.69, 9.17) is 11.6 Å². The summed E-state index contributed by atoms with van der Waals surface area (Å²) in [7, 11) is 0. The van der Waals surface area contributed by atoms with Gasteiger partial charge in [0.05, 0.1) is 0 Å². The van der Waals surface area contributed by atoms with E-state index in [0.717, 1.165) is 17.4 Å². The molecule has 94 valence electrons. The Kier molecular flexibility index (Phi) is 4.45. The highest BCUT2D eigenvalue weighted by atomic mass is 79.9. The second-order valence-corrected chi connectivity index (χ2v) is 5.78. The predicted molar refractivity (Wildman–Crippen MR) is 73.2 cm³/mol. The van der Waals surface area contributed by atoms with Crippen molar-refractivity contribution in [1.29, 1.82) is 0 Å². The number of benzene rings is 1. The SMILES string of the molecule is CC1CCN(Cc2ccc(Cl)cc2F)C1CBr. The summed E-state index contributed by atoms with van der Waals surface area (Å²) in [5.74, 6) is 0.468. The molecule has 1 heterocycles. The predicted octanol–water partition coefficient (Wildman–Crippen LogP) is 4.08. The minimum absolute atomic E-state index is 0.203. The van der Waals surface area contributed by atoms with Gasteiger partial charge in [-0.05, 0) is 31.0 Å². The molecule has 0 aliphatic carbocycles. The number of nitrogens with zero attached hydrogens (tertiary/aromatic N) is 1. The second-order valence-electron chi connectivity index (χ2n) is 4.69. The van der Waals surface area contributed by atoms with Crippen LogP contribution in [0.15, 0.2) is 18.2 Å². The van der Waals surface area contributed by atoms with Gasteiger partial charge in [-0.15, -0.1) is 0 Å². The molecule has 2 unspecified atom stereocenters. The van der Waals surface area contributed by atoms with Crippen molar-refractivity contribution in [2.24, 2.45) is 5.92 Å². The molecule has 1 fully saturated rings. The summed E-state index contributed by atoms with van der Waals surface area (Å²) in [6, 6.07) is 5.43. The van der Waals surface area contributed by atoms with Crippen molar-refractivity contribution in [1.82, 2.24) is 4.90 Å². The maximum absolute atomic E-state index is 13.7. The van der Waals surface area contributed by atoms with Gasteiger partial charge in [-0.2, -0.15) is 0 Å². The fraction of sp³-hybridized carbons (Fsp3) is 0.538. The number of likely N-dealkylation sites (tertiary alicyclic amines) is 1. The fourth-order valence-electron chi connectivity index (χ4n) is 2.40. The lowest BCUT2D eigenvalue weighted by atomic mass is 10.0. The van der Waals surface area contributed by atoms with Crippen LogP contribution in [0.3, 0.4) is 0 Å². The quantitative estimate of drug-likeness (QED) is 0.758. The molecular weight excluding hydrogens is 305 g/mol. The number of hydrogen-bond donors (Lipinski definition) is 0. The molecule has 0 radical (unpaired) electrons. The average molecular weight is 321 g/mol. The summed E-state index contributed by atoms with van der Waals surface area (Å²) in [6.45, 7) is 3.97. The van der Waals surface area contributed by atoms with Crippen LogP contribution in [0.1, 0.15) is 18.9 Å².